The third-order valence-electron chi connectivity index (χ3n) is 18.2. The Morgan fingerprint density at radius 2 is 0.803 bits per heavy atom. The van der Waals surface area contributed by atoms with E-state index in [1.807, 2.05) is 0 Å². The Morgan fingerprint density at radius 1 is 0.410 bits per heavy atom. The predicted molar refractivity (Wildman–Crippen MR) is 259 cm³/mol. The highest BCUT2D eigenvalue weighted by molar-refractivity contribution is 5.88. The van der Waals surface area contributed by atoms with Crippen LogP contribution in [0.15, 0.2) is 97.1 Å². The monoisotopic (exact) mass is 806 g/mol. The molecule has 61 heavy (non-hydrogen) atoms. The molecule has 5 aromatic rings. The molecule has 4 bridgehead atoms. The standard InChI is InChI=1S/C60H71N/c1-55(2,3)41-15-12-39(13-16-41)40-14-20-47-48-21-17-44(34-52(48)60(51(47)33-40)42-29-37-28-38(31-42)32-43(60)30-37)61(45-18-22-49-53(35-45)58(8,9)26-24-56(49,4)5)46-19-23-50-54(36-46)59(10,11)27-25-57(50,6)7/h12-23,33-38,42-43H,24-32H2,1-11H3. The van der Waals surface area contributed by atoms with Crippen molar-refractivity contribution in [3.8, 4) is 22.3 Å². The van der Waals surface area contributed by atoms with Crippen LogP contribution in [-0.4, -0.2) is 0 Å². The van der Waals surface area contributed by atoms with Crippen molar-refractivity contribution in [3.63, 3.8) is 0 Å². The number of fused-ring (bicyclic) bond motifs is 5. The second-order valence-electron chi connectivity index (χ2n) is 24.8. The topological polar surface area (TPSA) is 3.24 Å². The molecule has 12 rings (SSSR count). The molecule has 1 spiro atoms. The minimum Gasteiger partial charge on any atom is -0.310 e. The molecule has 316 valence electrons. The molecule has 1 nitrogen and oxygen atoms in total. The van der Waals surface area contributed by atoms with Crippen LogP contribution in [0, 0.1) is 23.7 Å². The molecule has 7 aliphatic rings. The Bertz CT molecular complexity index is 2480. The van der Waals surface area contributed by atoms with Gasteiger partial charge in [-0.1, -0.05) is 131 Å². The van der Waals surface area contributed by atoms with Gasteiger partial charge in [0.1, 0.15) is 0 Å². The third-order valence-corrected chi connectivity index (χ3v) is 18.2. The van der Waals surface area contributed by atoms with Crippen molar-refractivity contribution in [2.24, 2.45) is 23.7 Å². The van der Waals surface area contributed by atoms with Gasteiger partial charge in [0.2, 0.25) is 0 Å². The van der Waals surface area contributed by atoms with Crippen LogP contribution in [0.2, 0.25) is 0 Å². The molecule has 0 unspecified atom stereocenters. The molecule has 1 heteroatoms. The second-order valence-corrected chi connectivity index (χ2v) is 24.8. The van der Waals surface area contributed by atoms with E-state index in [9.17, 15) is 0 Å². The Balaban J connectivity index is 1.12. The van der Waals surface area contributed by atoms with E-state index in [1.54, 1.807) is 11.1 Å². The van der Waals surface area contributed by atoms with E-state index in [1.165, 1.54) is 125 Å². The molecule has 0 N–H and O–H groups in total. The molecule has 5 aromatic carbocycles. The molecule has 0 amide bonds. The predicted octanol–water partition coefficient (Wildman–Crippen LogP) is 16.5. The van der Waals surface area contributed by atoms with Gasteiger partial charge in [-0.25, -0.2) is 0 Å². The lowest BCUT2D eigenvalue weighted by atomic mass is 9.43. The van der Waals surface area contributed by atoms with Crippen LogP contribution in [0.25, 0.3) is 22.3 Å². The zero-order valence-electron chi connectivity index (χ0n) is 39.4. The highest BCUT2D eigenvalue weighted by Gasteiger charge is 2.61. The minimum absolute atomic E-state index is 0.0604. The first-order chi connectivity index (χ1) is 28.8. The number of rotatable bonds is 4. The van der Waals surface area contributed by atoms with Crippen LogP contribution in [0.5, 0.6) is 0 Å². The fraction of sp³-hybridized carbons (Fsp3) is 0.500. The summed E-state index contributed by atoms with van der Waals surface area (Å²) in [5.74, 6) is 3.20. The summed E-state index contributed by atoms with van der Waals surface area (Å²) in [7, 11) is 0. The van der Waals surface area contributed by atoms with Crippen molar-refractivity contribution in [2.45, 2.75) is 166 Å². The van der Waals surface area contributed by atoms with E-state index in [2.05, 4.69) is 178 Å². The molecule has 4 fully saturated rings. The van der Waals surface area contributed by atoms with Gasteiger partial charge in [-0.05, 0) is 212 Å². The highest BCUT2D eigenvalue weighted by atomic mass is 15.1. The largest absolute Gasteiger partial charge is 0.310 e. The second kappa shape index (κ2) is 13.0. The first kappa shape index (κ1) is 39.7. The van der Waals surface area contributed by atoms with Gasteiger partial charge in [0, 0.05) is 22.5 Å². The lowest BCUT2D eigenvalue weighted by molar-refractivity contribution is -0.0399. The number of hydrogen-bond acceptors (Lipinski definition) is 1. The van der Waals surface area contributed by atoms with Crippen LogP contribution >= 0.6 is 0 Å². The van der Waals surface area contributed by atoms with Crippen molar-refractivity contribution in [2.75, 3.05) is 4.90 Å². The summed E-state index contributed by atoms with van der Waals surface area (Å²) < 4.78 is 0. The van der Waals surface area contributed by atoms with Gasteiger partial charge < -0.3 is 4.90 Å². The lowest BCUT2D eigenvalue weighted by Crippen LogP contribution is -2.55. The normalized spacial score (nSPS) is 27.9. The fourth-order valence-corrected chi connectivity index (χ4v) is 14.5. The highest BCUT2D eigenvalue weighted by Crippen LogP contribution is 2.70. The molecule has 0 radical (unpaired) electrons. The zero-order valence-corrected chi connectivity index (χ0v) is 39.4. The average molecular weight is 806 g/mol. The number of anilines is 3. The van der Waals surface area contributed by atoms with Crippen molar-refractivity contribution in [3.05, 3.63) is 136 Å². The third kappa shape index (κ3) is 5.90. The Labute approximate surface area is 368 Å². The summed E-state index contributed by atoms with van der Waals surface area (Å²) in [5.41, 5.74) is 21.2. The van der Waals surface area contributed by atoms with E-state index < -0.39 is 0 Å². The van der Waals surface area contributed by atoms with Crippen molar-refractivity contribution in [1.29, 1.82) is 0 Å². The molecule has 0 heterocycles. The van der Waals surface area contributed by atoms with E-state index in [0.717, 1.165) is 11.8 Å². The minimum atomic E-state index is 0.0604. The first-order valence-corrected chi connectivity index (χ1v) is 24.3. The number of benzene rings is 5. The van der Waals surface area contributed by atoms with Crippen molar-refractivity contribution >= 4 is 17.1 Å². The smallest absolute Gasteiger partial charge is 0.0465 e. The van der Waals surface area contributed by atoms with E-state index in [-0.39, 0.29) is 32.5 Å². The Morgan fingerprint density at radius 3 is 1.28 bits per heavy atom. The van der Waals surface area contributed by atoms with E-state index in [4.69, 9.17) is 0 Å². The summed E-state index contributed by atoms with van der Waals surface area (Å²) in [5, 5.41) is 0. The summed E-state index contributed by atoms with van der Waals surface area (Å²) in [4.78, 5) is 2.67. The first-order valence-electron chi connectivity index (χ1n) is 24.3. The molecular weight excluding hydrogens is 735 g/mol. The van der Waals surface area contributed by atoms with Gasteiger partial charge in [-0.2, -0.15) is 0 Å². The summed E-state index contributed by atoms with van der Waals surface area (Å²) >= 11 is 0. The Kier molecular flexibility index (Phi) is 8.46. The maximum absolute atomic E-state index is 2.72. The van der Waals surface area contributed by atoms with Crippen LogP contribution < -0.4 is 4.90 Å². The number of nitrogens with zero attached hydrogens (tertiary/aromatic N) is 1. The van der Waals surface area contributed by atoms with Gasteiger partial charge in [0.15, 0.2) is 0 Å². The molecule has 4 saturated carbocycles. The summed E-state index contributed by atoms with van der Waals surface area (Å²) in [6.07, 6.45) is 11.9. The van der Waals surface area contributed by atoms with E-state index in [0.29, 0.717) is 11.8 Å². The lowest BCUT2D eigenvalue weighted by Gasteiger charge is -2.61. The molecule has 7 aliphatic carbocycles. The molecule has 0 atom stereocenters. The maximum atomic E-state index is 2.72. The summed E-state index contributed by atoms with van der Waals surface area (Å²) in [6.45, 7) is 26.7. The van der Waals surface area contributed by atoms with Gasteiger partial charge in [-0.15, -0.1) is 0 Å². The van der Waals surface area contributed by atoms with Crippen LogP contribution in [0.3, 0.4) is 0 Å². The summed E-state index contributed by atoms with van der Waals surface area (Å²) in [6, 6.07) is 40.0. The van der Waals surface area contributed by atoms with Gasteiger partial charge >= 0.3 is 0 Å². The molecular formula is C60H71N. The quantitative estimate of drug-likeness (QED) is 0.175. The van der Waals surface area contributed by atoms with Crippen molar-refractivity contribution in [1.82, 2.24) is 0 Å². The molecule has 0 aromatic heterocycles. The average Bonchev–Trinajstić information content (AvgIpc) is 3.49. The van der Waals surface area contributed by atoms with Gasteiger partial charge in [0.05, 0.1) is 0 Å². The SMILES string of the molecule is CC(C)(C)c1ccc(-c2ccc3c(c2)C2(c4cc(N(c5ccc6c(c5)C(C)(C)CCC6(C)C)c5ccc6c(c5)C(C)(C)CCC6(C)C)ccc4-3)C3CC4CC(C3)CC2C4)cc1. The van der Waals surface area contributed by atoms with E-state index >= 15 is 0 Å². The van der Waals surface area contributed by atoms with Crippen LogP contribution in [0.4, 0.5) is 17.1 Å². The van der Waals surface area contributed by atoms with Gasteiger partial charge in [-0.3, -0.25) is 0 Å². The van der Waals surface area contributed by atoms with Crippen molar-refractivity contribution < 1.29 is 0 Å². The van der Waals surface area contributed by atoms with Crippen LogP contribution in [-0.2, 0) is 32.5 Å². The maximum Gasteiger partial charge on any atom is 0.0465 e. The number of hydrogen-bond donors (Lipinski definition) is 0. The van der Waals surface area contributed by atoms with Gasteiger partial charge in [0.25, 0.3) is 0 Å². The molecule has 0 aliphatic heterocycles. The van der Waals surface area contributed by atoms with Crippen LogP contribution in [0.1, 0.15) is 173 Å². The molecule has 0 saturated heterocycles. The Hall–Kier alpha value is -4.10. The fourth-order valence-electron chi connectivity index (χ4n) is 14.5. The zero-order chi connectivity index (χ0) is 42.6.